The lowest BCUT2D eigenvalue weighted by Crippen LogP contribution is -2.41. The zero-order valence-corrected chi connectivity index (χ0v) is 20.1. The molecule has 150 valence electrons. The lowest BCUT2D eigenvalue weighted by Gasteiger charge is -2.38. The van der Waals surface area contributed by atoms with Crippen LogP contribution in [-0.2, 0) is 14.0 Å². The van der Waals surface area contributed by atoms with Crippen LogP contribution in [0.15, 0.2) is 36.6 Å². The molecule has 0 saturated carbocycles. The highest BCUT2D eigenvalue weighted by Gasteiger charge is 2.47. The van der Waals surface area contributed by atoms with E-state index in [1.54, 1.807) is 6.08 Å². The van der Waals surface area contributed by atoms with Crippen LogP contribution in [0.3, 0.4) is 0 Å². The second kappa shape index (κ2) is 9.61. The van der Waals surface area contributed by atoms with Crippen LogP contribution in [0, 0.1) is 22.8 Å². The molecule has 0 unspecified atom stereocenters. The summed E-state index contributed by atoms with van der Waals surface area (Å²) in [4.78, 5) is 12.9. The monoisotopic (exact) mass is 404 g/mol. The molecule has 0 amide bonds. The summed E-state index contributed by atoms with van der Waals surface area (Å²) in [7, 11) is -1.84. The number of hydrogen-bond donors (Lipinski definition) is 0. The summed E-state index contributed by atoms with van der Waals surface area (Å²) in [5.41, 5.74) is 2.66. The van der Waals surface area contributed by atoms with Crippen molar-refractivity contribution in [3.63, 3.8) is 0 Å². The van der Waals surface area contributed by atoms with Crippen molar-refractivity contribution in [3.05, 3.63) is 36.6 Å². The van der Waals surface area contributed by atoms with E-state index in [1.807, 2.05) is 6.08 Å². The molecule has 0 aromatic carbocycles. The second-order valence-electron chi connectivity index (χ2n) is 9.16. The van der Waals surface area contributed by atoms with E-state index in [4.69, 9.17) is 9.16 Å². The Morgan fingerprint density at radius 3 is 2.52 bits per heavy atom. The first kappa shape index (κ1) is 23.5. The summed E-state index contributed by atoms with van der Waals surface area (Å²) >= 11 is 0. The van der Waals surface area contributed by atoms with E-state index in [-0.39, 0.29) is 11.9 Å². The third-order valence-corrected chi connectivity index (χ3v) is 6.10. The van der Waals surface area contributed by atoms with Gasteiger partial charge in [-0.05, 0) is 45.0 Å². The van der Waals surface area contributed by atoms with Crippen molar-refractivity contribution in [3.8, 4) is 11.5 Å². The summed E-state index contributed by atoms with van der Waals surface area (Å²) < 4.78 is 11.5. The fourth-order valence-corrected chi connectivity index (χ4v) is 4.73. The minimum atomic E-state index is -1.69. The normalized spacial score (nSPS) is 23.2. The molecule has 0 fully saturated rings. The molecule has 27 heavy (non-hydrogen) atoms. The van der Waals surface area contributed by atoms with Crippen LogP contribution >= 0.6 is 0 Å². The van der Waals surface area contributed by atoms with E-state index >= 15 is 0 Å². The predicted octanol–water partition coefficient (Wildman–Crippen LogP) is 5.69. The van der Waals surface area contributed by atoms with E-state index in [0.717, 1.165) is 25.0 Å². The number of rotatable bonds is 7. The van der Waals surface area contributed by atoms with Crippen LogP contribution in [0.25, 0.3) is 0 Å². The van der Waals surface area contributed by atoms with Crippen molar-refractivity contribution in [2.24, 2.45) is 11.3 Å². The Morgan fingerprint density at radius 1 is 1.33 bits per heavy atom. The Labute approximate surface area is 168 Å². The maximum absolute atomic E-state index is 12.9. The van der Waals surface area contributed by atoms with Gasteiger partial charge in [-0.15, -0.1) is 5.54 Å². The number of esters is 1. The van der Waals surface area contributed by atoms with E-state index in [9.17, 15) is 4.79 Å². The van der Waals surface area contributed by atoms with Crippen molar-refractivity contribution in [2.75, 3.05) is 7.11 Å². The van der Waals surface area contributed by atoms with Crippen LogP contribution in [0.2, 0.25) is 39.3 Å². The van der Waals surface area contributed by atoms with Gasteiger partial charge in [-0.2, -0.15) is 0 Å². The maximum Gasteiger partial charge on any atom is 0.324 e. The molecule has 1 rings (SSSR count). The van der Waals surface area contributed by atoms with Crippen molar-refractivity contribution < 1.29 is 14.0 Å². The van der Waals surface area contributed by atoms with Crippen molar-refractivity contribution in [1.82, 2.24) is 0 Å². The Kier molecular flexibility index (Phi) is 8.37. The molecular weight excluding hydrogens is 368 g/mol. The topological polar surface area (TPSA) is 35.5 Å². The molecule has 0 heterocycles. The predicted molar refractivity (Wildman–Crippen MR) is 119 cm³/mol. The number of carbonyl (C=O) groups is 1. The summed E-state index contributed by atoms with van der Waals surface area (Å²) in [6.45, 7) is 16.9. The fraction of sp³-hybridized carbons (Fsp3) is 0.591. The molecular formula is C22H36O3Si2. The van der Waals surface area contributed by atoms with Gasteiger partial charge in [0.2, 0.25) is 8.32 Å². The molecule has 1 aliphatic carbocycles. The highest BCUT2D eigenvalue weighted by atomic mass is 28.4. The summed E-state index contributed by atoms with van der Waals surface area (Å²) in [6, 6.07) is 0. The highest BCUT2D eigenvalue weighted by Crippen LogP contribution is 2.44. The minimum absolute atomic E-state index is 0.0108. The molecule has 0 saturated heterocycles. The van der Waals surface area contributed by atoms with Gasteiger partial charge in [-0.1, -0.05) is 50.4 Å². The molecule has 2 atom stereocenters. The molecule has 3 nitrogen and oxygen atoms in total. The standard InChI is InChI=1S/C22H36O3Si2/c1-9-10-11-12-13-19-18-20(25-27(6,7)8)14-15-22(19,21(23)24-2)16-17-26(3,4)5/h9-11,18-19H,1,12-15H2,2-8H3/b11-10+/t19-,22-/m0/s1. The SMILES string of the molecule is C=C/C=C/CC[C@H]1C=C(O[Si](C)(C)C)CC[C@@]1(C#C[Si](C)(C)C)C(=O)OC. The Morgan fingerprint density at radius 2 is 2.00 bits per heavy atom. The first-order valence-electron chi connectivity index (χ1n) is 9.73. The van der Waals surface area contributed by atoms with Crippen LogP contribution in [0.1, 0.15) is 25.7 Å². The molecule has 0 spiro atoms. The number of allylic oxidation sites excluding steroid dienone is 5. The van der Waals surface area contributed by atoms with Gasteiger partial charge in [0.25, 0.3) is 0 Å². The van der Waals surface area contributed by atoms with Gasteiger partial charge >= 0.3 is 5.97 Å². The average Bonchev–Trinajstić information content (AvgIpc) is 2.55. The first-order chi connectivity index (χ1) is 12.4. The largest absolute Gasteiger partial charge is 0.548 e. The maximum atomic E-state index is 12.9. The molecule has 0 radical (unpaired) electrons. The van der Waals surface area contributed by atoms with Crippen LogP contribution in [-0.4, -0.2) is 29.5 Å². The molecule has 0 aromatic rings. The van der Waals surface area contributed by atoms with Crippen molar-refractivity contribution in [1.29, 1.82) is 0 Å². The van der Waals surface area contributed by atoms with E-state index in [0.29, 0.717) is 6.42 Å². The number of hydrogen-bond acceptors (Lipinski definition) is 3. The zero-order valence-electron chi connectivity index (χ0n) is 18.1. The van der Waals surface area contributed by atoms with Crippen molar-refractivity contribution >= 4 is 22.4 Å². The van der Waals surface area contributed by atoms with Gasteiger partial charge in [0.05, 0.1) is 12.9 Å². The van der Waals surface area contributed by atoms with Gasteiger partial charge in [-0.25, -0.2) is 0 Å². The van der Waals surface area contributed by atoms with Crippen molar-refractivity contribution in [2.45, 2.75) is 65.0 Å². The second-order valence-corrected chi connectivity index (χ2v) is 18.3. The highest BCUT2D eigenvalue weighted by molar-refractivity contribution is 6.83. The molecule has 0 bridgehead atoms. The molecule has 0 N–H and O–H groups in total. The van der Waals surface area contributed by atoms with Gasteiger partial charge in [0, 0.05) is 12.3 Å². The smallest absolute Gasteiger partial charge is 0.324 e. The third kappa shape index (κ3) is 7.55. The Hall–Kier alpha value is -1.52. The van der Waals surface area contributed by atoms with E-state index in [1.165, 1.54) is 7.11 Å². The number of ether oxygens (including phenoxy) is 1. The molecule has 0 aliphatic heterocycles. The van der Waals surface area contributed by atoms with Crippen LogP contribution in [0.5, 0.6) is 0 Å². The van der Waals surface area contributed by atoms with E-state index < -0.39 is 21.8 Å². The Balaban J connectivity index is 3.33. The van der Waals surface area contributed by atoms with Gasteiger partial charge in [-0.3, -0.25) is 4.79 Å². The molecule has 0 aromatic heterocycles. The molecule has 1 aliphatic rings. The quantitative estimate of drug-likeness (QED) is 0.236. The average molecular weight is 405 g/mol. The summed E-state index contributed by atoms with van der Waals surface area (Å²) in [5, 5.41) is 0. The Bertz CT molecular complexity index is 654. The molecule has 5 heteroatoms. The van der Waals surface area contributed by atoms with E-state index in [2.05, 4.69) is 69.5 Å². The van der Waals surface area contributed by atoms with Gasteiger partial charge in [0.15, 0.2) is 0 Å². The number of methoxy groups -OCH3 is 1. The summed E-state index contributed by atoms with van der Waals surface area (Å²) in [6.07, 6.45) is 11.0. The minimum Gasteiger partial charge on any atom is -0.548 e. The number of carbonyl (C=O) groups excluding carboxylic acids is 1. The lowest BCUT2D eigenvalue weighted by molar-refractivity contribution is -0.152. The third-order valence-electron chi connectivity index (χ3n) is 4.35. The van der Waals surface area contributed by atoms with Crippen LogP contribution in [0.4, 0.5) is 0 Å². The summed E-state index contributed by atoms with van der Waals surface area (Å²) in [5.74, 6) is 4.19. The van der Waals surface area contributed by atoms with Gasteiger partial charge < -0.3 is 9.16 Å². The van der Waals surface area contributed by atoms with Crippen LogP contribution < -0.4 is 0 Å². The fourth-order valence-electron chi connectivity index (χ4n) is 3.17. The first-order valence-corrected chi connectivity index (χ1v) is 16.6. The lowest BCUT2D eigenvalue weighted by atomic mass is 9.67. The zero-order chi connectivity index (χ0) is 20.7. The van der Waals surface area contributed by atoms with Gasteiger partial charge in [0.1, 0.15) is 13.5 Å².